The van der Waals surface area contributed by atoms with E-state index in [2.05, 4.69) is 10.3 Å². The highest BCUT2D eigenvalue weighted by Gasteiger charge is 2.32. The Hall–Kier alpha value is -3.10. The number of benzene rings is 1. The first-order valence-electron chi connectivity index (χ1n) is 12.2. The Morgan fingerprint density at radius 1 is 0.971 bits per heavy atom. The number of aromatic amines is 1. The van der Waals surface area contributed by atoms with Crippen LogP contribution in [0.5, 0.6) is 0 Å². The molecule has 1 saturated carbocycles. The quantitative estimate of drug-likeness (QED) is 0.718. The lowest BCUT2D eigenvalue weighted by Crippen LogP contribution is -2.56. The van der Waals surface area contributed by atoms with Crippen molar-refractivity contribution < 1.29 is 9.59 Å². The highest BCUT2D eigenvalue weighted by Crippen LogP contribution is 2.31. The lowest BCUT2D eigenvalue weighted by atomic mass is 9.81. The standard InChI is InChI=1S/C25H35N5O4/c1-25(2,3)27-24(34)29-14-12-28(13-15-29)21(31)18-10-8-17(9-11-18)16-30-22(32)19-6-4-5-7-20(19)26-23(30)33/h4-7,17-18H,8-16H2,1-3H3,(H,26,33)(H,27,34). The fourth-order valence-electron chi connectivity index (χ4n) is 5.00. The summed E-state index contributed by atoms with van der Waals surface area (Å²) in [6.07, 6.45) is 3.13. The highest BCUT2D eigenvalue weighted by atomic mass is 16.2. The van der Waals surface area contributed by atoms with Crippen molar-refractivity contribution in [1.29, 1.82) is 0 Å². The van der Waals surface area contributed by atoms with Gasteiger partial charge in [0.25, 0.3) is 5.56 Å². The summed E-state index contributed by atoms with van der Waals surface area (Å²) in [7, 11) is 0. The van der Waals surface area contributed by atoms with Crippen LogP contribution in [-0.2, 0) is 11.3 Å². The van der Waals surface area contributed by atoms with Crippen LogP contribution in [0.15, 0.2) is 33.9 Å². The van der Waals surface area contributed by atoms with Gasteiger partial charge in [-0.2, -0.15) is 0 Å². The van der Waals surface area contributed by atoms with E-state index in [1.165, 1.54) is 4.57 Å². The second-order valence-electron chi connectivity index (χ2n) is 10.6. The van der Waals surface area contributed by atoms with Gasteiger partial charge >= 0.3 is 11.7 Å². The third kappa shape index (κ3) is 5.34. The summed E-state index contributed by atoms with van der Waals surface area (Å²) < 4.78 is 1.30. The Morgan fingerprint density at radius 2 is 1.59 bits per heavy atom. The third-order valence-corrected chi connectivity index (χ3v) is 6.89. The van der Waals surface area contributed by atoms with Gasteiger partial charge in [-0.25, -0.2) is 9.59 Å². The molecule has 2 N–H and O–H groups in total. The number of H-pyrrole nitrogens is 1. The second-order valence-corrected chi connectivity index (χ2v) is 10.6. The number of carbonyl (C=O) groups is 2. The molecule has 2 aromatic rings. The van der Waals surface area contributed by atoms with Gasteiger partial charge in [0.05, 0.1) is 10.9 Å². The third-order valence-electron chi connectivity index (χ3n) is 6.89. The summed E-state index contributed by atoms with van der Waals surface area (Å²) >= 11 is 0. The molecule has 2 heterocycles. The lowest BCUT2D eigenvalue weighted by molar-refractivity contribution is -0.138. The van der Waals surface area contributed by atoms with Crippen molar-refractivity contribution in [2.75, 3.05) is 26.2 Å². The Bertz CT molecular complexity index is 1160. The van der Waals surface area contributed by atoms with Crippen molar-refractivity contribution in [2.45, 2.75) is 58.5 Å². The number of rotatable bonds is 3. The molecule has 1 aromatic carbocycles. The Labute approximate surface area is 199 Å². The number of nitrogens with one attached hydrogen (secondary N) is 2. The molecule has 1 aromatic heterocycles. The molecule has 1 aliphatic heterocycles. The van der Waals surface area contributed by atoms with E-state index in [9.17, 15) is 19.2 Å². The Balaban J connectivity index is 1.30. The van der Waals surface area contributed by atoms with E-state index in [-0.39, 0.29) is 40.6 Å². The Kier molecular flexibility index (Phi) is 6.81. The summed E-state index contributed by atoms with van der Waals surface area (Å²) in [5, 5.41) is 3.49. The number of para-hydroxylation sites is 1. The van der Waals surface area contributed by atoms with E-state index in [0.717, 1.165) is 25.7 Å². The van der Waals surface area contributed by atoms with Gasteiger partial charge in [0.2, 0.25) is 5.91 Å². The summed E-state index contributed by atoms with van der Waals surface area (Å²) in [5.41, 5.74) is -0.369. The lowest BCUT2D eigenvalue weighted by Gasteiger charge is -2.38. The molecule has 1 aliphatic carbocycles. The molecule has 4 rings (SSSR count). The topological polar surface area (TPSA) is 108 Å². The molecule has 1 saturated heterocycles. The zero-order valence-corrected chi connectivity index (χ0v) is 20.3. The number of nitrogens with zero attached hydrogens (tertiary/aromatic N) is 3. The molecule has 0 unspecified atom stereocenters. The molecule has 9 nitrogen and oxygen atoms in total. The summed E-state index contributed by atoms with van der Waals surface area (Å²) in [6, 6.07) is 6.96. The predicted octanol–water partition coefficient (Wildman–Crippen LogP) is 2.15. The van der Waals surface area contributed by atoms with Gasteiger partial charge in [-0.05, 0) is 64.5 Å². The first-order chi connectivity index (χ1) is 16.1. The van der Waals surface area contributed by atoms with E-state index < -0.39 is 0 Å². The van der Waals surface area contributed by atoms with Crippen LogP contribution in [-0.4, -0.2) is 63.0 Å². The van der Waals surface area contributed by atoms with Gasteiger partial charge < -0.3 is 20.1 Å². The Morgan fingerprint density at radius 3 is 2.24 bits per heavy atom. The number of carbonyl (C=O) groups excluding carboxylic acids is 2. The first-order valence-corrected chi connectivity index (χ1v) is 12.2. The average Bonchev–Trinajstić information content (AvgIpc) is 2.81. The summed E-state index contributed by atoms with van der Waals surface area (Å²) in [6.45, 7) is 8.42. The zero-order valence-electron chi connectivity index (χ0n) is 20.3. The summed E-state index contributed by atoms with van der Waals surface area (Å²) in [4.78, 5) is 57.2. The molecule has 34 heavy (non-hydrogen) atoms. The smallest absolute Gasteiger partial charge is 0.328 e. The maximum atomic E-state index is 13.1. The minimum absolute atomic E-state index is 0.0298. The van der Waals surface area contributed by atoms with E-state index in [4.69, 9.17) is 0 Å². The SMILES string of the molecule is CC(C)(C)NC(=O)N1CCN(C(=O)C2CCC(Cn3c(=O)[nH]c4ccccc4c3=O)CC2)CC1. The molecular weight excluding hydrogens is 434 g/mol. The van der Waals surface area contributed by atoms with E-state index in [0.29, 0.717) is 43.6 Å². The van der Waals surface area contributed by atoms with Gasteiger partial charge in [0.15, 0.2) is 0 Å². The number of urea groups is 1. The molecule has 2 aliphatic rings. The maximum absolute atomic E-state index is 13.1. The molecule has 0 atom stereocenters. The fraction of sp³-hybridized carbons (Fsp3) is 0.600. The molecule has 2 fully saturated rings. The van der Waals surface area contributed by atoms with Gasteiger partial charge in [0.1, 0.15) is 0 Å². The van der Waals surface area contributed by atoms with Crippen LogP contribution < -0.4 is 16.6 Å². The van der Waals surface area contributed by atoms with Crippen LogP contribution in [0.25, 0.3) is 10.9 Å². The van der Waals surface area contributed by atoms with Crippen LogP contribution >= 0.6 is 0 Å². The monoisotopic (exact) mass is 469 g/mol. The maximum Gasteiger partial charge on any atom is 0.328 e. The zero-order chi connectivity index (χ0) is 24.5. The van der Waals surface area contributed by atoms with Crippen molar-refractivity contribution >= 4 is 22.8 Å². The van der Waals surface area contributed by atoms with Crippen molar-refractivity contribution in [3.05, 3.63) is 45.1 Å². The number of hydrogen-bond donors (Lipinski definition) is 2. The normalized spacial score (nSPS) is 21.5. The predicted molar refractivity (Wildman–Crippen MR) is 131 cm³/mol. The van der Waals surface area contributed by atoms with Gasteiger partial charge in [-0.3, -0.25) is 14.2 Å². The minimum atomic E-state index is -0.379. The van der Waals surface area contributed by atoms with Crippen molar-refractivity contribution in [3.63, 3.8) is 0 Å². The van der Waals surface area contributed by atoms with Gasteiger partial charge in [-0.15, -0.1) is 0 Å². The molecule has 0 bridgehead atoms. The van der Waals surface area contributed by atoms with Crippen LogP contribution in [0.2, 0.25) is 0 Å². The minimum Gasteiger partial charge on any atom is -0.339 e. The molecule has 3 amide bonds. The fourth-order valence-corrected chi connectivity index (χ4v) is 5.00. The number of piperazine rings is 1. The van der Waals surface area contributed by atoms with Crippen LogP contribution in [0.3, 0.4) is 0 Å². The molecule has 9 heteroatoms. The van der Waals surface area contributed by atoms with E-state index >= 15 is 0 Å². The number of fused-ring (bicyclic) bond motifs is 1. The first kappa shape index (κ1) is 24.0. The van der Waals surface area contributed by atoms with Crippen LogP contribution in [0, 0.1) is 11.8 Å². The molecule has 0 radical (unpaired) electrons. The highest BCUT2D eigenvalue weighted by molar-refractivity contribution is 5.80. The van der Waals surface area contributed by atoms with Gasteiger partial charge in [0, 0.05) is 44.2 Å². The number of amides is 3. The van der Waals surface area contributed by atoms with Crippen LogP contribution in [0.1, 0.15) is 46.5 Å². The van der Waals surface area contributed by atoms with Crippen molar-refractivity contribution in [2.24, 2.45) is 11.8 Å². The number of hydrogen-bond acceptors (Lipinski definition) is 4. The molecule has 0 spiro atoms. The largest absolute Gasteiger partial charge is 0.339 e. The average molecular weight is 470 g/mol. The molecular formula is C25H35N5O4. The van der Waals surface area contributed by atoms with Gasteiger partial charge in [-0.1, -0.05) is 12.1 Å². The van der Waals surface area contributed by atoms with E-state index in [1.54, 1.807) is 29.2 Å². The second kappa shape index (κ2) is 9.64. The number of aromatic nitrogens is 2. The summed E-state index contributed by atoms with van der Waals surface area (Å²) in [5.74, 6) is 0.329. The van der Waals surface area contributed by atoms with Crippen molar-refractivity contribution in [1.82, 2.24) is 24.7 Å². The van der Waals surface area contributed by atoms with E-state index in [1.807, 2.05) is 25.7 Å². The van der Waals surface area contributed by atoms with Crippen LogP contribution in [0.4, 0.5) is 4.79 Å². The molecule has 184 valence electrons. The van der Waals surface area contributed by atoms with Crippen molar-refractivity contribution in [3.8, 4) is 0 Å².